The molecular formula is C16H15BrClNO2. The molecule has 1 unspecified atom stereocenters. The van der Waals surface area contributed by atoms with Crippen LogP contribution < -0.4 is 5.32 Å². The molecular weight excluding hydrogens is 354 g/mol. The molecule has 0 saturated carbocycles. The van der Waals surface area contributed by atoms with E-state index in [2.05, 4.69) is 21.2 Å². The quantitative estimate of drug-likeness (QED) is 0.807. The van der Waals surface area contributed by atoms with E-state index in [0.717, 1.165) is 10.0 Å². The minimum Gasteiger partial charge on any atom is -0.468 e. The van der Waals surface area contributed by atoms with Gasteiger partial charge >= 0.3 is 5.97 Å². The third-order valence-corrected chi connectivity index (χ3v) is 3.88. The molecule has 0 radical (unpaired) electrons. The van der Waals surface area contributed by atoms with Crippen LogP contribution in [0.25, 0.3) is 0 Å². The molecule has 1 N–H and O–H groups in total. The van der Waals surface area contributed by atoms with Crippen molar-refractivity contribution in [2.24, 2.45) is 0 Å². The van der Waals surface area contributed by atoms with Gasteiger partial charge in [0.05, 0.1) is 7.11 Å². The summed E-state index contributed by atoms with van der Waals surface area (Å²) in [5, 5.41) is 3.70. The van der Waals surface area contributed by atoms with E-state index in [1.807, 2.05) is 42.5 Å². The molecule has 2 aromatic carbocycles. The third kappa shape index (κ3) is 4.30. The molecule has 0 aliphatic heterocycles. The van der Waals surface area contributed by atoms with Crippen molar-refractivity contribution in [3.8, 4) is 0 Å². The maximum Gasteiger partial charge on any atom is 0.327 e. The fraction of sp³-hybridized carbons (Fsp3) is 0.188. The molecule has 0 heterocycles. The van der Waals surface area contributed by atoms with Gasteiger partial charge in [-0.15, -0.1) is 0 Å². The first-order valence-electron chi connectivity index (χ1n) is 6.42. The van der Waals surface area contributed by atoms with Gasteiger partial charge in [-0.1, -0.05) is 63.9 Å². The Balaban J connectivity index is 2.20. The molecule has 2 rings (SSSR count). The van der Waals surface area contributed by atoms with Gasteiger partial charge in [-0.3, -0.25) is 5.32 Å². The molecule has 110 valence electrons. The standard InChI is InChI=1S/C16H15BrClNO2/c1-21-16(20)15(13-8-7-12(17)9-14(13)18)19-10-11-5-3-2-4-6-11/h2-9,15,19H,10H2,1H3. The van der Waals surface area contributed by atoms with Crippen molar-refractivity contribution in [3.05, 3.63) is 69.2 Å². The summed E-state index contributed by atoms with van der Waals surface area (Å²) in [7, 11) is 1.37. The lowest BCUT2D eigenvalue weighted by Gasteiger charge is -2.18. The van der Waals surface area contributed by atoms with E-state index in [1.54, 1.807) is 6.07 Å². The normalized spacial score (nSPS) is 12.0. The van der Waals surface area contributed by atoms with Gasteiger partial charge in [0, 0.05) is 16.0 Å². The zero-order chi connectivity index (χ0) is 15.2. The van der Waals surface area contributed by atoms with Crippen LogP contribution in [0.5, 0.6) is 0 Å². The second-order valence-corrected chi connectivity index (χ2v) is 5.81. The summed E-state index contributed by atoms with van der Waals surface area (Å²) in [5.41, 5.74) is 1.78. The lowest BCUT2D eigenvalue weighted by molar-refractivity contribution is -0.143. The Labute approximate surface area is 137 Å². The van der Waals surface area contributed by atoms with E-state index in [-0.39, 0.29) is 5.97 Å². The SMILES string of the molecule is COC(=O)C(NCc1ccccc1)c1ccc(Br)cc1Cl. The number of benzene rings is 2. The number of nitrogens with one attached hydrogen (secondary N) is 1. The summed E-state index contributed by atoms with van der Waals surface area (Å²) in [5.74, 6) is -0.366. The van der Waals surface area contributed by atoms with Crippen LogP contribution in [0.15, 0.2) is 53.0 Å². The van der Waals surface area contributed by atoms with Crippen LogP contribution in [-0.2, 0) is 16.1 Å². The Morgan fingerprint density at radius 2 is 2.00 bits per heavy atom. The van der Waals surface area contributed by atoms with Gasteiger partial charge in [-0.25, -0.2) is 4.79 Å². The van der Waals surface area contributed by atoms with E-state index in [1.165, 1.54) is 7.11 Å². The van der Waals surface area contributed by atoms with Gasteiger partial charge < -0.3 is 4.74 Å². The van der Waals surface area contributed by atoms with E-state index >= 15 is 0 Å². The van der Waals surface area contributed by atoms with Crippen LogP contribution in [0.2, 0.25) is 5.02 Å². The van der Waals surface area contributed by atoms with Crippen molar-refractivity contribution >= 4 is 33.5 Å². The smallest absolute Gasteiger partial charge is 0.327 e. The number of esters is 1. The molecule has 0 aliphatic rings. The largest absolute Gasteiger partial charge is 0.468 e. The molecule has 0 spiro atoms. The fourth-order valence-electron chi connectivity index (χ4n) is 1.99. The van der Waals surface area contributed by atoms with Crippen LogP contribution >= 0.6 is 27.5 Å². The third-order valence-electron chi connectivity index (χ3n) is 3.06. The minimum atomic E-state index is -0.601. The number of hydrogen-bond donors (Lipinski definition) is 1. The number of hydrogen-bond acceptors (Lipinski definition) is 3. The molecule has 3 nitrogen and oxygen atoms in total. The molecule has 21 heavy (non-hydrogen) atoms. The highest BCUT2D eigenvalue weighted by molar-refractivity contribution is 9.10. The zero-order valence-corrected chi connectivity index (χ0v) is 13.8. The van der Waals surface area contributed by atoms with E-state index in [4.69, 9.17) is 16.3 Å². The molecule has 0 bridgehead atoms. The summed E-state index contributed by atoms with van der Waals surface area (Å²) in [6, 6.07) is 14.7. The van der Waals surface area contributed by atoms with Gasteiger partial charge in [0.1, 0.15) is 6.04 Å². The monoisotopic (exact) mass is 367 g/mol. The van der Waals surface area contributed by atoms with Crippen molar-refractivity contribution in [2.45, 2.75) is 12.6 Å². The van der Waals surface area contributed by atoms with E-state index < -0.39 is 6.04 Å². The molecule has 0 aliphatic carbocycles. The summed E-state index contributed by atoms with van der Waals surface area (Å²) in [6.07, 6.45) is 0. The Morgan fingerprint density at radius 3 is 2.62 bits per heavy atom. The lowest BCUT2D eigenvalue weighted by atomic mass is 10.1. The summed E-state index contributed by atoms with van der Waals surface area (Å²) in [4.78, 5) is 12.0. The second-order valence-electron chi connectivity index (χ2n) is 4.49. The first-order chi connectivity index (χ1) is 10.1. The highest BCUT2D eigenvalue weighted by atomic mass is 79.9. The maximum atomic E-state index is 12.0. The van der Waals surface area contributed by atoms with Crippen molar-refractivity contribution < 1.29 is 9.53 Å². The lowest BCUT2D eigenvalue weighted by Crippen LogP contribution is -2.29. The van der Waals surface area contributed by atoms with Crippen LogP contribution in [-0.4, -0.2) is 13.1 Å². The molecule has 5 heteroatoms. The summed E-state index contributed by atoms with van der Waals surface area (Å²) >= 11 is 9.58. The molecule has 0 aromatic heterocycles. The van der Waals surface area contributed by atoms with Gasteiger partial charge in [0.25, 0.3) is 0 Å². The minimum absolute atomic E-state index is 0.366. The number of halogens is 2. The number of methoxy groups -OCH3 is 1. The first kappa shape index (κ1) is 16.0. The van der Waals surface area contributed by atoms with E-state index in [9.17, 15) is 4.79 Å². The van der Waals surface area contributed by atoms with Crippen LogP contribution in [0.3, 0.4) is 0 Å². The Morgan fingerprint density at radius 1 is 1.29 bits per heavy atom. The molecule has 2 aromatic rings. The predicted molar refractivity (Wildman–Crippen MR) is 87.2 cm³/mol. The number of rotatable bonds is 5. The number of carbonyl (C=O) groups excluding carboxylic acids is 1. The van der Waals surface area contributed by atoms with Crippen LogP contribution in [0.4, 0.5) is 0 Å². The van der Waals surface area contributed by atoms with Gasteiger partial charge in [-0.2, -0.15) is 0 Å². The van der Waals surface area contributed by atoms with Crippen molar-refractivity contribution in [3.63, 3.8) is 0 Å². The topological polar surface area (TPSA) is 38.3 Å². The first-order valence-corrected chi connectivity index (χ1v) is 7.59. The maximum absolute atomic E-state index is 12.0. The predicted octanol–water partition coefficient (Wildman–Crippen LogP) is 4.11. The van der Waals surface area contributed by atoms with Crippen molar-refractivity contribution in [2.75, 3.05) is 7.11 Å². The molecule has 0 fully saturated rings. The van der Waals surface area contributed by atoms with Crippen LogP contribution in [0.1, 0.15) is 17.2 Å². The number of ether oxygens (including phenoxy) is 1. The van der Waals surface area contributed by atoms with Crippen molar-refractivity contribution in [1.82, 2.24) is 5.32 Å². The molecule has 1 atom stereocenters. The van der Waals surface area contributed by atoms with Gasteiger partial charge in [0.15, 0.2) is 0 Å². The summed E-state index contributed by atoms with van der Waals surface area (Å²) < 4.78 is 5.73. The molecule has 0 amide bonds. The summed E-state index contributed by atoms with van der Waals surface area (Å²) in [6.45, 7) is 0.549. The van der Waals surface area contributed by atoms with E-state index in [0.29, 0.717) is 17.1 Å². The zero-order valence-electron chi connectivity index (χ0n) is 11.5. The Hall–Kier alpha value is -1.36. The Bertz CT molecular complexity index is 619. The molecule has 0 saturated heterocycles. The van der Waals surface area contributed by atoms with Gasteiger partial charge in [-0.05, 0) is 23.3 Å². The van der Waals surface area contributed by atoms with Crippen LogP contribution in [0, 0.1) is 0 Å². The highest BCUT2D eigenvalue weighted by Crippen LogP contribution is 2.27. The number of carbonyl (C=O) groups is 1. The van der Waals surface area contributed by atoms with Gasteiger partial charge in [0.2, 0.25) is 0 Å². The second kappa shape index (κ2) is 7.59. The van der Waals surface area contributed by atoms with Crippen molar-refractivity contribution in [1.29, 1.82) is 0 Å². The highest BCUT2D eigenvalue weighted by Gasteiger charge is 2.23. The average molecular weight is 369 g/mol. The Kier molecular flexibility index (Phi) is 5.79. The fourth-order valence-corrected chi connectivity index (χ4v) is 2.77. The average Bonchev–Trinajstić information content (AvgIpc) is 2.50.